The molecule has 0 bridgehead atoms. The third-order valence-electron chi connectivity index (χ3n) is 24.7. The van der Waals surface area contributed by atoms with Crippen LogP contribution in [0.5, 0.6) is 0 Å². The number of fused-ring (bicyclic) bond motifs is 7. The molecule has 10 fully saturated rings. The van der Waals surface area contributed by atoms with Crippen molar-refractivity contribution >= 4 is 5.97 Å². The lowest BCUT2D eigenvalue weighted by Crippen LogP contribution is -2.71. The van der Waals surface area contributed by atoms with Crippen LogP contribution in [-0.4, -0.2) is 339 Å². The van der Waals surface area contributed by atoms with Crippen molar-refractivity contribution < 1.29 is 164 Å². The first-order valence-corrected chi connectivity index (χ1v) is 33.4. The largest absolute Gasteiger partial charge is 0.432 e. The first kappa shape index (κ1) is 75.1. The summed E-state index contributed by atoms with van der Waals surface area (Å²) >= 11 is 0. The van der Waals surface area contributed by atoms with Gasteiger partial charge in [-0.1, -0.05) is 46.3 Å². The van der Waals surface area contributed by atoms with Crippen molar-refractivity contribution in [1.82, 2.24) is 0 Å². The van der Waals surface area contributed by atoms with Gasteiger partial charge in [-0.2, -0.15) is 0 Å². The molecule has 0 aromatic rings. The van der Waals surface area contributed by atoms with E-state index in [4.69, 9.17) is 56.8 Å². The van der Waals surface area contributed by atoms with Crippen LogP contribution in [0.4, 0.5) is 0 Å². The van der Waals surface area contributed by atoms with Crippen molar-refractivity contribution in [2.75, 3.05) is 52.9 Å². The van der Waals surface area contributed by atoms with Gasteiger partial charge in [-0.25, -0.2) is 0 Å². The Morgan fingerprint density at radius 3 is 1.81 bits per heavy atom. The van der Waals surface area contributed by atoms with Gasteiger partial charge in [0.15, 0.2) is 37.6 Å². The molecule has 33 heteroatoms. The highest BCUT2D eigenvalue weighted by Gasteiger charge is 2.74. The van der Waals surface area contributed by atoms with Gasteiger partial charge in [0.2, 0.25) is 6.29 Å². The summed E-state index contributed by atoms with van der Waals surface area (Å²) in [5.74, 6) is -2.50. The van der Waals surface area contributed by atoms with Gasteiger partial charge in [0, 0.05) is 5.41 Å². The number of aliphatic hydroxyl groups excluding tert-OH is 19. The Balaban J connectivity index is 0.793. The Labute approximate surface area is 553 Å². The summed E-state index contributed by atoms with van der Waals surface area (Å²) < 4.78 is 70.1. The Hall–Kier alpha value is -2.03. The Morgan fingerprint density at radius 1 is 0.552 bits per heavy atom. The molecule has 6 saturated heterocycles. The van der Waals surface area contributed by atoms with Gasteiger partial charge in [0.1, 0.15) is 115 Å². The second-order valence-corrected chi connectivity index (χ2v) is 30.7. The van der Waals surface area contributed by atoms with E-state index in [2.05, 4.69) is 33.8 Å². The van der Waals surface area contributed by atoms with Crippen LogP contribution in [0.15, 0.2) is 11.6 Å². The molecule has 0 spiro atoms. The number of carbonyl (C=O) groups is 1. The van der Waals surface area contributed by atoms with E-state index in [1.54, 1.807) is 0 Å². The second-order valence-electron chi connectivity index (χ2n) is 30.7. The lowest BCUT2D eigenvalue weighted by molar-refractivity contribution is -0.372. The number of carbonyl (C=O) groups excluding carboxylic acids is 1. The zero-order valence-corrected chi connectivity index (χ0v) is 54.5. The summed E-state index contributed by atoms with van der Waals surface area (Å²) in [4.78, 5) is 15.5. The van der Waals surface area contributed by atoms with Gasteiger partial charge in [0.05, 0.1) is 77.3 Å². The molecule has 4 saturated carbocycles. The second kappa shape index (κ2) is 27.9. The van der Waals surface area contributed by atoms with Crippen molar-refractivity contribution in [3.05, 3.63) is 11.6 Å². The number of esters is 1. The summed E-state index contributed by atoms with van der Waals surface area (Å²) in [6.45, 7) is 6.34. The van der Waals surface area contributed by atoms with Gasteiger partial charge in [-0.15, -0.1) is 0 Å². The van der Waals surface area contributed by atoms with Crippen LogP contribution in [-0.2, 0) is 61.6 Å². The molecule has 6 heterocycles. The molecular weight excluding hydrogens is 1280 g/mol. The minimum atomic E-state index is -2.09. The smallest absolute Gasteiger partial charge is 0.317 e. The van der Waals surface area contributed by atoms with Gasteiger partial charge < -0.3 is 159 Å². The SMILES string of the molecule is C[C@@H]1O[C@H](O[C@@H]2[C@@H](OC(=O)[C@@]34CCC(C)(C)C[C@H]3C3=CC[C@H]5[C@]6(C)C[C@H](O)[C@@H](O[C@H]7O[C@@H](CO[C@H]8O[C@@H](CO)[C@H](O)[C@@H](O)[C@@H]8O)[C@H](O)[C@@H](O)[C@@H]7O)C(CO)(CO)[C@@H]6CC[C@@]5(C)[C@@]3(C)C[C@H]4O)OC[C@H](O)[C@H]2O)[C@@H](O)[C@H](O)[C@H]1O[C@H]1OC[C@H](O)[C@@H](O[C@H]2OC[C@@](O)(CO)[C@@H]2O)[C@@H]1O. The minimum Gasteiger partial charge on any atom is -0.432 e. The third-order valence-corrected chi connectivity index (χ3v) is 24.7. The van der Waals surface area contributed by atoms with Crippen molar-refractivity contribution in [1.29, 1.82) is 0 Å². The summed E-state index contributed by atoms with van der Waals surface area (Å²) in [5, 5.41) is 221. The van der Waals surface area contributed by atoms with E-state index >= 15 is 4.79 Å². The van der Waals surface area contributed by atoms with E-state index in [1.807, 2.05) is 6.92 Å². The molecule has 20 N–H and O–H groups in total. The number of hydrogen-bond acceptors (Lipinski definition) is 33. The van der Waals surface area contributed by atoms with Crippen molar-refractivity contribution in [2.24, 2.45) is 50.2 Å². The summed E-state index contributed by atoms with van der Waals surface area (Å²) in [6, 6.07) is 0. The van der Waals surface area contributed by atoms with E-state index in [-0.39, 0.29) is 30.6 Å². The van der Waals surface area contributed by atoms with E-state index < -0.39 is 275 Å². The van der Waals surface area contributed by atoms with Gasteiger partial charge >= 0.3 is 5.97 Å². The molecule has 0 aromatic carbocycles. The van der Waals surface area contributed by atoms with Crippen LogP contribution >= 0.6 is 0 Å². The van der Waals surface area contributed by atoms with Crippen molar-refractivity contribution in [2.45, 2.75) is 271 Å². The summed E-state index contributed by atoms with van der Waals surface area (Å²) in [5.41, 5.74) is -7.34. The molecule has 0 unspecified atom stereocenters. The van der Waals surface area contributed by atoms with Crippen LogP contribution in [0.2, 0.25) is 0 Å². The maximum atomic E-state index is 15.5. The average molecular weight is 1390 g/mol. The molecule has 11 rings (SSSR count). The Bertz CT molecular complexity index is 2710. The first-order valence-electron chi connectivity index (χ1n) is 33.4. The van der Waals surface area contributed by atoms with Crippen molar-refractivity contribution in [3.8, 4) is 0 Å². The number of rotatable bonds is 17. The molecule has 5 aliphatic carbocycles. The lowest BCUT2D eigenvalue weighted by atomic mass is 9.33. The molecule has 0 aromatic heterocycles. The molecule has 552 valence electrons. The van der Waals surface area contributed by atoms with Crippen LogP contribution in [0.1, 0.15) is 92.9 Å². The zero-order valence-electron chi connectivity index (χ0n) is 54.5. The molecule has 11 aliphatic rings. The van der Waals surface area contributed by atoms with E-state index in [0.29, 0.717) is 32.1 Å². The zero-order chi connectivity index (χ0) is 70.1. The first-order chi connectivity index (χ1) is 45.1. The maximum Gasteiger partial charge on any atom is 0.317 e. The van der Waals surface area contributed by atoms with Gasteiger partial charge in [0.25, 0.3) is 0 Å². The Morgan fingerprint density at radius 2 is 1.16 bits per heavy atom. The molecule has 33 nitrogen and oxygen atoms in total. The minimum absolute atomic E-state index is 0.0176. The van der Waals surface area contributed by atoms with Crippen molar-refractivity contribution in [3.63, 3.8) is 0 Å². The highest BCUT2D eigenvalue weighted by Crippen LogP contribution is 2.76. The topological polar surface area (TPSA) is 532 Å². The predicted molar refractivity (Wildman–Crippen MR) is 314 cm³/mol. The number of aliphatic hydroxyl groups is 20. The quantitative estimate of drug-likeness (QED) is 0.0365. The van der Waals surface area contributed by atoms with Crippen LogP contribution in [0, 0.1) is 50.2 Å². The summed E-state index contributed by atoms with van der Waals surface area (Å²) in [6.07, 6.45) is -43.1. The van der Waals surface area contributed by atoms with E-state index in [0.717, 1.165) is 5.57 Å². The number of ether oxygens (including phenoxy) is 12. The van der Waals surface area contributed by atoms with E-state index in [9.17, 15) is 102 Å². The van der Waals surface area contributed by atoms with Crippen LogP contribution in [0.25, 0.3) is 0 Å². The molecule has 36 atom stereocenters. The Kier molecular flexibility index (Phi) is 21.8. The average Bonchev–Trinajstić information content (AvgIpc) is 1.24. The van der Waals surface area contributed by atoms with Crippen LogP contribution < -0.4 is 0 Å². The van der Waals surface area contributed by atoms with E-state index in [1.165, 1.54) is 6.92 Å². The highest BCUT2D eigenvalue weighted by molar-refractivity contribution is 5.80. The normalized spacial score (nSPS) is 54.0. The highest BCUT2D eigenvalue weighted by atomic mass is 16.8. The van der Waals surface area contributed by atoms with Gasteiger partial charge in [-0.3, -0.25) is 4.79 Å². The molecule has 0 amide bonds. The fourth-order valence-electron chi connectivity index (χ4n) is 18.8. The number of allylic oxidation sites excluding steroid dienone is 2. The molecule has 0 radical (unpaired) electrons. The fraction of sp³-hybridized carbons (Fsp3) is 0.952. The fourth-order valence-corrected chi connectivity index (χ4v) is 18.8. The standard InChI is InChI=1S/C63H102O33/c1-24-45(92-51-44(81)46(29(70)18-85-51)93-55-48(82)62(84,22-67)23-88-55)40(77)43(80)52(89-24)94-47-35(72)28(69)17-86-54(47)96-56(83)63-12-11-57(2,3)13-26(63)25-7-8-32-58(4)14-27(68)49(61(20-65,21-66)33(58)9-10-59(32,5)60(25,6)15-34(63)71)95-53-42(79)39(76)37(74)31(91-53)19-87-50-41(78)38(75)36(73)30(16-64)90-50/h7,24,26-55,64-82,84H,8-23H2,1-6H3/t24-,26-,27-,28-,29-,30-,31-,32-,33+,34+,35+,36-,37-,38+,39+,40-,41-,42-,43-,44-,45-,46+,47-,48+,49+,50-,51+,52+,53+,54+,55+,58-,59+,60-,62-,63-/m0/s1. The van der Waals surface area contributed by atoms with Crippen LogP contribution in [0.3, 0.4) is 0 Å². The monoisotopic (exact) mass is 1390 g/mol. The number of hydrogen-bond donors (Lipinski definition) is 20. The molecular formula is C63H102O33. The molecule has 96 heavy (non-hydrogen) atoms. The molecule has 6 aliphatic heterocycles. The summed E-state index contributed by atoms with van der Waals surface area (Å²) in [7, 11) is 0. The predicted octanol–water partition coefficient (Wildman–Crippen LogP) is -7.55. The maximum absolute atomic E-state index is 15.5. The van der Waals surface area contributed by atoms with Gasteiger partial charge in [-0.05, 0) is 97.7 Å². The lowest BCUT2D eigenvalue weighted by Gasteiger charge is -2.72. The third kappa shape index (κ3) is 12.4.